The van der Waals surface area contributed by atoms with Crippen molar-refractivity contribution in [3.63, 3.8) is 0 Å². The molecule has 6 nitrogen and oxygen atoms in total. The van der Waals surface area contributed by atoms with Crippen molar-refractivity contribution in [2.45, 2.75) is 58.3 Å². The normalized spacial score (nSPS) is 28.4. The molecule has 0 unspecified atom stereocenters. The Labute approximate surface area is 125 Å². The van der Waals surface area contributed by atoms with Crippen molar-refractivity contribution >= 4 is 12.1 Å². The lowest BCUT2D eigenvalue weighted by atomic mass is 10.0. The third-order valence-corrected chi connectivity index (χ3v) is 3.67. The van der Waals surface area contributed by atoms with Crippen LogP contribution >= 0.6 is 0 Å². The third kappa shape index (κ3) is 4.33. The van der Waals surface area contributed by atoms with Crippen molar-refractivity contribution in [1.29, 1.82) is 0 Å². The number of fused-ring (bicyclic) bond motifs is 1. The maximum Gasteiger partial charge on any atom is 0.410 e. The van der Waals surface area contributed by atoms with Gasteiger partial charge in [0.15, 0.2) is 0 Å². The van der Waals surface area contributed by atoms with E-state index in [0.29, 0.717) is 26.1 Å². The van der Waals surface area contributed by atoms with E-state index >= 15 is 0 Å². The highest BCUT2D eigenvalue weighted by Gasteiger charge is 2.44. The van der Waals surface area contributed by atoms with Crippen molar-refractivity contribution in [3.05, 3.63) is 0 Å². The lowest BCUT2D eigenvalue weighted by Gasteiger charge is -2.25. The van der Waals surface area contributed by atoms with Crippen molar-refractivity contribution < 1.29 is 23.8 Å². The van der Waals surface area contributed by atoms with Gasteiger partial charge >= 0.3 is 12.1 Å². The number of hydrogen-bond donors (Lipinski definition) is 0. The van der Waals surface area contributed by atoms with E-state index in [1.807, 2.05) is 20.8 Å². The van der Waals surface area contributed by atoms with E-state index in [1.54, 1.807) is 11.8 Å². The fraction of sp³-hybridized carbons (Fsp3) is 0.867. The highest BCUT2D eigenvalue weighted by Crippen LogP contribution is 2.34. The third-order valence-electron chi connectivity index (χ3n) is 3.67. The van der Waals surface area contributed by atoms with Crippen LogP contribution < -0.4 is 0 Å². The van der Waals surface area contributed by atoms with E-state index in [-0.39, 0.29) is 30.2 Å². The van der Waals surface area contributed by atoms with Crippen molar-refractivity contribution in [2.24, 2.45) is 5.92 Å². The van der Waals surface area contributed by atoms with Gasteiger partial charge in [-0.1, -0.05) is 0 Å². The summed E-state index contributed by atoms with van der Waals surface area (Å²) in [5, 5.41) is 0. The van der Waals surface area contributed by atoms with Crippen LogP contribution in [-0.2, 0) is 19.0 Å². The van der Waals surface area contributed by atoms with E-state index in [9.17, 15) is 9.59 Å². The number of hydrogen-bond acceptors (Lipinski definition) is 5. The van der Waals surface area contributed by atoms with Gasteiger partial charge in [0.25, 0.3) is 0 Å². The van der Waals surface area contributed by atoms with Gasteiger partial charge in [0, 0.05) is 12.5 Å². The summed E-state index contributed by atoms with van der Waals surface area (Å²) >= 11 is 0. The summed E-state index contributed by atoms with van der Waals surface area (Å²) in [6.07, 6.45) is 0.731. The van der Waals surface area contributed by atoms with Crippen LogP contribution in [0.3, 0.4) is 0 Å². The van der Waals surface area contributed by atoms with Crippen LogP contribution in [0.15, 0.2) is 0 Å². The van der Waals surface area contributed by atoms with Gasteiger partial charge in [-0.2, -0.15) is 0 Å². The number of carbonyl (C=O) groups is 2. The van der Waals surface area contributed by atoms with Gasteiger partial charge in [-0.3, -0.25) is 4.79 Å². The predicted octanol–water partition coefficient (Wildman–Crippen LogP) is 1.96. The second-order valence-corrected chi connectivity index (χ2v) is 6.69. The lowest BCUT2D eigenvalue weighted by Crippen LogP contribution is -2.36. The smallest absolute Gasteiger partial charge is 0.410 e. The van der Waals surface area contributed by atoms with Gasteiger partial charge in [0.1, 0.15) is 5.60 Å². The van der Waals surface area contributed by atoms with E-state index in [2.05, 4.69) is 0 Å². The number of ether oxygens (including phenoxy) is 3. The fourth-order valence-electron chi connectivity index (χ4n) is 2.88. The Bertz CT molecular complexity index is 389. The number of nitrogens with zero attached hydrogens (tertiary/aromatic N) is 1. The summed E-state index contributed by atoms with van der Waals surface area (Å²) in [6.45, 7) is 8.93. The molecule has 2 aliphatic heterocycles. The molecular formula is C15H25NO5. The average Bonchev–Trinajstić information content (AvgIpc) is 2.84. The van der Waals surface area contributed by atoms with Crippen LogP contribution in [0.25, 0.3) is 0 Å². The minimum atomic E-state index is -0.484. The largest absolute Gasteiger partial charge is 0.466 e. The molecule has 0 bridgehead atoms. The number of amides is 1. The number of carbonyl (C=O) groups excluding carboxylic acids is 2. The molecule has 1 amide bonds. The zero-order chi connectivity index (χ0) is 15.6. The molecule has 0 radical (unpaired) electrons. The molecule has 0 aromatic carbocycles. The molecule has 6 heteroatoms. The number of rotatable bonds is 3. The van der Waals surface area contributed by atoms with Crippen LogP contribution in [0.2, 0.25) is 0 Å². The second-order valence-electron chi connectivity index (χ2n) is 6.69. The highest BCUT2D eigenvalue weighted by atomic mass is 16.6. The molecule has 0 aromatic heterocycles. The lowest BCUT2D eigenvalue weighted by molar-refractivity contribution is -0.146. The van der Waals surface area contributed by atoms with E-state index in [1.165, 1.54) is 0 Å². The Balaban J connectivity index is 1.79. The minimum Gasteiger partial charge on any atom is -0.466 e. The first kappa shape index (κ1) is 16.1. The second kappa shape index (κ2) is 6.22. The first-order valence-corrected chi connectivity index (χ1v) is 7.57. The SMILES string of the molecule is CCOC(=O)C[C@@H]1C[C@@H]2CN(C(=O)OC(C)(C)C)C[C@@H]2O1. The van der Waals surface area contributed by atoms with E-state index in [4.69, 9.17) is 14.2 Å². The Morgan fingerprint density at radius 1 is 1.29 bits per heavy atom. The molecule has 2 fully saturated rings. The summed E-state index contributed by atoms with van der Waals surface area (Å²) in [4.78, 5) is 25.2. The van der Waals surface area contributed by atoms with Crippen molar-refractivity contribution in [3.8, 4) is 0 Å². The van der Waals surface area contributed by atoms with Gasteiger partial charge in [-0.15, -0.1) is 0 Å². The summed E-state index contributed by atoms with van der Waals surface area (Å²) in [7, 11) is 0. The molecule has 0 aliphatic carbocycles. The van der Waals surface area contributed by atoms with Gasteiger partial charge in [-0.05, 0) is 34.1 Å². The van der Waals surface area contributed by atoms with Crippen LogP contribution in [-0.4, -0.2) is 54.5 Å². The number of likely N-dealkylation sites (tertiary alicyclic amines) is 1. The fourth-order valence-corrected chi connectivity index (χ4v) is 2.88. The van der Waals surface area contributed by atoms with Gasteiger partial charge in [0.2, 0.25) is 0 Å². The average molecular weight is 299 g/mol. The molecule has 0 N–H and O–H groups in total. The topological polar surface area (TPSA) is 65.1 Å². The van der Waals surface area contributed by atoms with Crippen molar-refractivity contribution in [1.82, 2.24) is 4.90 Å². The maximum atomic E-state index is 12.0. The standard InChI is InChI=1S/C15H25NO5/c1-5-19-13(17)7-11-6-10-8-16(9-12(10)20-11)14(18)21-15(2,3)4/h10-12H,5-9H2,1-4H3/t10-,11+,12+/m1/s1. The molecule has 2 rings (SSSR count). The minimum absolute atomic E-state index is 0.0111. The molecule has 120 valence electrons. The predicted molar refractivity (Wildman–Crippen MR) is 75.8 cm³/mol. The molecule has 0 spiro atoms. The summed E-state index contributed by atoms with van der Waals surface area (Å²) in [5.74, 6) is 0.0726. The molecule has 21 heavy (non-hydrogen) atoms. The summed E-state index contributed by atoms with van der Waals surface area (Å²) in [6, 6.07) is 0. The molecule has 2 saturated heterocycles. The first-order valence-electron chi connectivity index (χ1n) is 7.57. The van der Waals surface area contributed by atoms with Crippen molar-refractivity contribution in [2.75, 3.05) is 19.7 Å². The van der Waals surface area contributed by atoms with Gasteiger partial charge in [0.05, 0.1) is 31.8 Å². The first-order chi connectivity index (χ1) is 9.78. The Hall–Kier alpha value is -1.30. The zero-order valence-corrected chi connectivity index (χ0v) is 13.3. The monoisotopic (exact) mass is 299 g/mol. The van der Waals surface area contributed by atoms with E-state index in [0.717, 1.165) is 6.42 Å². The Kier molecular flexibility index (Phi) is 4.76. The van der Waals surface area contributed by atoms with Gasteiger partial charge < -0.3 is 19.1 Å². The quantitative estimate of drug-likeness (QED) is 0.745. The molecule has 0 aromatic rings. The van der Waals surface area contributed by atoms with Gasteiger partial charge in [-0.25, -0.2) is 4.79 Å². The summed E-state index contributed by atoms with van der Waals surface area (Å²) in [5.41, 5.74) is -0.484. The highest BCUT2D eigenvalue weighted by molar-refractivity contribution is 5.70. The molecule has 2 heterocycles. The van der Waals surface area contributed by atoms with Crippen LogP contribution in [0.4, 0.5) is 4.79 Å². The summed E-state index contributed by atoms with van der Waals surface area (Å²) < 4.78 is 16.2. The molecule has 3 atom stereocenters. The van der Waals surface area contributed by atoms with Crippen LogP contribution in [0, 0.1) is 5.92 Å². The van der Waals surface area contributed by atoms with Crippen LogP contribution in [0.5, 0.6) is 0 Å². The van der Waals surface area contributed by atoms with E-state index < -0.39 is 5.60 Å². The maximum absolute atomic E-state index is 12.0. The zero-order valence-electron chi connectivity index (χ0n) is 13.3. The molecule has 2 aliphatic rings. The molecule has 0 saturated carbocycles. The molecular weight excluding hydrogens is 274 g/mol. The number of esters is 1. The Morgan fingerprint density at radius 2 is 2.00 bits per heavy atom. The van der Waals surface area contributed by atoms with Crippen LogP contribution in [0.1, 0.15) is 40.5 Å². The Morgan fingerprint density at radius 3 is 2.57 bits per heavy atom.